The Kier molecular flexibility index (Phi) is 3.06. The molecule has 0 radical (unpaired) electrons. The van der Waals surface area contributed by atoms with Crippen molar-refractivity contribution in [1.29, 1.82) is 0 Å². The van der Waals surface area contributed by atoms with Crippen molar-refractivity contribution in [2.24, 2.45) is 0 Å². The van der Waals surface area contributed by atoms with Gasteiger partial charge >= 0.3 is 5.97 Å². The lowest BCUT2D eigenvalue weighted by atomic mass is 10.0. The van der Waals surface area contributed by atoms with Gasteiger partial charge in [-0.1, -0.05) is 0 Å². The first-order valence-corrected chi connectivity index (χ1v) is 4.42. The highest BCUT2D eigenvalue weighted by Crippen LogP contribution is 2.15. The van der Waals surface area contributed by atoms with Crippen LogP contribution in [0.4, 0.5) is 0 Å². The van der Waals surface area contributed by atoms with Gasteiger partial charge in [-0.25, -0.2) is 0 Å². The summed E-state index contributed by atoms with van der Waals surface area (Å²) in [7, 11) is 0. The SMILES string of the molecule is CC(=O)c1c(CCC(=O)O)c[nH]c1C. The van der Waals surface area contributed by atoms with Crippen molar-refractivity contribution in [2.45, 2.75) is 26.7 Å². The number of Topliss-reactive ketones (excluding diaryl/α,β-unsaturated/α-hetero) is 1. The lowest BCUT2D eigenvalue weighted by Gasteiger charge is -1.99. The molecular formula is C10H13NO3. The van der Waals surface area contributed by atoms with Crippen molar-refractivity contribution in [1.82, 2.24) is 4.98 Å². The third-order valence-electron chi connectivity index (χ3n) is 2.12. The Morgan fingerprint density at radius 3 is 2.64 bits per heavy atom. The van der Waals surface area contributed by atoms with Crippen molar-refractivity contribution >= 4 is 11.8 Å². The molecule has 2 N–H and O–H groups in total. The molecular weight excluding hydrogens is 182 g/mol. The summed E-state index contributed by atoms with van der Waals surface area (Å²) in [5.74, 6) is -0.873. The Morgan fingerprint density at radius 1 is 1.50 bits per heavy atom. The quantitative estimate of drug-likeness (QED) is 0.716. The van der Waals surface area contributed by atoms with E-state index in [1.54, 1.807) is 13.1 Å². The predicted molar refractivity (Wildman–Crippen MR) is 51.5 cm³/mol. The highest BCUT2D eigenvalue weighted by Gasteiger charge is 2.12. The fourth-order valence-corrected chi connectivity index (χ4v) is 1.51. The van der Waals surface area contributed by atoms with Gasteiger partial charge in [0.05, 0.1) is 0 Å². The zero-order chi connectivity index (χ0) is 10.7. The van der Waals surface area contributed by atoms with E-state index in [4.69, 9.17) is 5.11 Å². The fraction of sp³-hybridized carbons (Fsp3) is 0.400. The van der Waals surface area contributed by atoms with E-state index in [1.165, 1.54) is 6.92 Å². The molecule has 1 rings (SSSR count). The molecule has 14 heavy (non-hydrogen) atoms. The molecule has 0 saturated carbocycles. The number of carbonyl (C=O) groups is 2. The second-order valence-corrected chi connectivity index (χ2v) is 3.26. The number of aliphatic carboxylic acids is 1. The summed E-state index contributed by atoms with van der Waals surface area (Å²) in [5, 5.41) is 8.52. The highest BCUT2D eigenvalue weighted by atomic mass is 16.4. The van der Waals surface area contributed by atoms with Crippen LogP contribution in [0.15, 0.2) is 6.20 Å². The first-order chi connectivity index (χ1) is 6.52. The molecule has 76 valence electrons. The summed E-state index contributed by atoms with van der Waals surface area (Å²) in [6.07, 6.45) is 2.15. The fourth-order valence-electron chi connectivity index (χ4n) is 1.51. The van der Waals surface area contributed by atoms with Crippen molar-refractivity contribution in [3.05, 3.63) is 23.0 Å². The normalized spacial score (nSPS) is 10.1. The van der Waals surface area contributed by atoms with Gasteiger partial charge in [0, 0.05) is 23.9 Å². The van der Waals surface area contributed by atoms with Crippen LogP contribution in [0.3, 0.4) is 0 Å². The van der Waals surface area contributed by atoms with Gasteiger partial charge in [-0.2, -0.15) is 0 Å². The lowest BCUT2D eigenvalue weighted by Crippen LogP contribution is -2.02. The van der Waals surface area contributed by atoms with Crippen LogP contribution >= 0.6 is 0 Å². The monoisotopic (exact) mass is 195 g/mol. The summed E-state index contributed by atoms with van der Waals surface area (Å²) in [6.45, 7) is 3.29. The van der Waals surface area contributed by atoms with Crippen LogP contribution in [0.2, 0.25) is 0 Å². The van der Waals surface area contributed by atoms with Crippen molar-refractivity contribution in [3.8, 4) is 0 Å². The lowest BCUT2D eigenvalue weighted by molar-refractivity contribution is -0.136. The van der Waals surface area contributed by atoms with Gasteiger partial charge in [-0.15, -0.1) is 0 Å². The van der Waals surface area contributed by atoms with Gasteiger partial charge in [-0.3, -0.25) is 9.59 Å². The summed E-state index contributed by atoms with van der Waals surface area (Å²) in [4.78, 5) is 24.5. The number of aromatic amines is 1. The van der Waals surface area contributed by atoms with Crippen LogP contribution in [0.1, 0.15) is 35.0 Å². The number of carboxylic acid groups (broad SMARTS) is 1. The van der Waals surface area contributed by atoms with Crippen molar-refractivity contribution in [2.75, 3.05) is 0 Å². The molecule has 0 aliphatic heterocycles. The molecule has 0 saturated heterocycles. The molecule has 1 aromatic heterocycles. The Labute approximate surface area is 81.9 Å². The van der Waals surface area contributed by atoms with Gasteiger partial charge in [0.1, 0.15) is 0 Å². The Bertz CT molecular complexity index is 365. The number of nitrogens with one attached hydrogen (secondary N) is 1. The minimum Gasteiger partial charge on any atom is -0.481 e. The van der Waals surface area contributed by atoms with E-state index >= 15 is 0 Å². The van der Waals surface area contributed by atoms with Gasteiger partial charge in [0.25, 0.3) is 0 Å². The molecule has 0 amide bonds. The smallest absolute Gasteiger partial charge is 0.303 e. The standard InChI is InChI=1S/C10H13NO3/c1-6-10(7(2)12)8(5-11-6)3-4-9(13)14/h5,11H,3-4H2,1-2H3,(H,13,14). The van der Waals surface area contributed by atoms with E-state index in [1.807, 2.05) is 0 Å². The van der Waals surface area contributed by atoms with Crippen LogP contribution in [-0.4, -0.2) is 21.8 Å². The number of carboxylic acids is 1. The van der Waals surface area contributed by atoms with E-state index < -0.39 is 5.97 Å². The maximum atomic E-state index is 11.2. The van der Waals surface area contributed by atoms with Gasteiger partial charge in [0.2, 0.25) is 0 Å². The topological polar surface area (TPSA) is 70.2 Å². The Hall–Kier alpha value is -1.58. The maximum absolute atomic E-state index is 11.2. The second kappa shape index (κ2) is 4.09. The average molecular weight is 195 g/mol. The van der Waals surface area contributed by atoms with E-state index in [-0.39, 0.29) is 12.2 Å². The minimum absolute atomic E-state index is 0.0239. The third kappa shape index (κ3) is 2.22. The van der Waals surface area contributed by atoms with Gasteiger partial charge in [-0.05, 0) is 25.8 Å². The second-order valence-electron chi connectivity index (χ2n) is 3.26. The number of H-pyrrole nitrogens is 1. The zero-order valence-corrected chi connectivity index (χ0v) is 8.26. The summed E-state index contributed by atoms with van der Waals surface area (Å²) < 4.78 is 0. The van der Waals surface area contributed by atoms with Crippen LogP contribution in [0.25, 0.3) is 0 Å². The van der Waals surface area contributed by atoms with Gasteiger partial charge in [0.15, 0.2) is 5.78 Å². The average Bonchev–Trinajstić information content (AvgIpc) is 2.43. The maximum Gasteiger partial charge on any atom is 0.303 e. The summed E-state index contributed by atoms with van der Waals surface area (Å²) in [6, 6.07) is 0. The van der Waals surface area contributed by atoms with Gasteiger partial charge < -0.3 is 10.1 Å². The summed E-state index contributed by atoms with van der Waals surface area (Å²) >= 11 is 0. The largest absolute Gasteiger partial charge is 0.481 e. The number of hydrogen-bond acceptors (Lipinski definition) is 2. The number of carbonyl (C=O) groups excluding carboxylic acids is 1. The highest BCUT2D eigenvalue weighted by molar-refractivity contribution is 5.96. The predicted octanol–water partition coefficient (Wildman–Crippen LogP) is 1.54. The molecule has 0 atom stereocenters. The Balaban J connectivity index is 2.86. The van der Waals surface area contributed by atoms with Crippen LogP contribution in [-0.2, 0) is 11.2 Å². The molecule has 4 heteroatoms. The molecule has 0 spiro atoms. The van der Waals surface area contributed by atoms with E-state index in [9.17, 15) is 9.59 Å². The molecule has 4 nitrogen and oxygen atoms in total. The molecule has 0 unspecified atom stereocenters. The molecule has 0 aliphatic rings. The van der Waals surface area contributed by atoms with Crippen LogP contribution in [0.5, 0.6) is 0 Å². The first-order valence-electron chi connectivity index (χ1n) is 4.42. The Morgan fingerprint density at radius 2 is 2.14 bits per heavy atom. The molecule has 0 bridgehead atoms. The number of rotatable bonds is 4. The van der Waals surface area contributed by atoms with Crippen LogP contribution < -0.4 is 0 Å². The molecule has 0 aromatic carbocycles. The molecule has 0 aliphatic carbocycles. The number of aryl methyl sites for hydroxylation is 2. The van der Waals surface area contributed by atoms with Crippen LogP contribution in [0, 0.1) is 6.92 Å². The first kappa shape index (κ1) is 10.5. The zero-order valence-electron chi connectivity index (χ0n) is 8.26. The number of ketones is 1. The van der Waals surface area contributed by atoms with E-state index in [2.05, 4.69) is 4.98 Å². The van der Waals surface area contributed by atoms with Crippen molar-refractivity contribution in [3.63, 3.8) is 0 Å². The molecule has 1 aromatic rings. The van der Waals surface area contributed by atoms with E-state index in [0.29, 0.717) is 12.0 Å². The molecule has 1 heterocycles. The van der Waals surface area contributed by atoms with Crippen molar-refractivity contribution < 1.29 is 14.7 Å². The third-order valence-corrected chi connectivity index (χ3v) is 2.12. The summed E-state index contributed by atoms with van der Waals surface area (Å²) in [5.41, 5.74) is 2.22. The minimum atomic E-state index is -0.849. The molecule has 0 fully saturated rings. The number of hydrogen-bond donors (Lipinski definition) is 2. The number of aromatic nitrogens is 1. The van der Waals surface area contributed by atoms with E-state index in [0.717, 1.165) is 11.3 Å².